The van der Waals surface area contributed by atoms with Crippen LogP contribution < -0.4 is 5.32 Å². The Kier molecular flexibility index (Phi) is 7.40. The fourth-order valence-corrected chi connectivity index (χ4v) is 2.08. The van der Waals surface area contributed by atoms with E-state index in [1.807, 2.05) is 61.2 Å². The average Bonchev–Trinajstić information content (AvgIpc) is 2.52. The van der Waals surface area contributed by atoms with Crippen molar-refractivity contribution >= 4 is 24.0 Å². The van der Waals surface area contributed by atoms with E-state index in [-0.39, 0.29) is 24.4 Å². The number of nitrogens with one attached hydrogen (secondary N) is 1. The summed E-state index contributed by atoms with van der Waals surface area (Å²) in [7, 11) is 0. The van der Waals surface area contributed by atoms with E-state index >= 15 is 0 Å². The van der Waals surface area contributed by atoms with Crippen molar-refractivity contribution in [3.05, 3.63) is 60.4 Å². The fraction of sp³-hybridized carbons (Fsp3) is 0.294. The van der Waals surface area contributed by atoms with Gasteiger partial charge in [-0.3, -0.25) is 9.78 Å². The number of aromatic nitrogens is 1. The zero-order chi connectivity index (χ0) is 15.1. The van der Waals surface area contributed by atoms with Gasteiger partial charge < -0.3 is 10.2 Å². The molecule has 0 aliphatic carbocycles. The lowest BCUT2D eigenvalue weighted by atomic mass is 10.2. The number of nitrogens with zero attached hydrogens (tertiary/aromatic N) is 2. The molecule has 1 aromatic carbocycles. The topological polar surface area (TPSA) is 45.2 Å². The van der Waals surface area contributed by atoms with Crippen LogP contribution in [0, 0.1) is 0 Å². The highest BCUT2D eigenvalue weighted by Crippen LogP contribution is 2.09. The van der Waals surface area contributed by atoms with Crippen molar-refractivity contribution in [1.29, 1.82) is 0 Å². The maximum Gasteiger partial charge on any atom is 0.242 e. The second kappa shape index (κ2) is 9.05. The van der Waals surface area contributed by atoms with Gasteiger partial charge in [-0.1, -0.05) is 24.3 Å². The molecule has 1 heterocycles. The maximum atomic E-state index is 12.4. The molecule has 0 saturated heterocycles. The summed E-state index contributed by atoms with van der Waals surface area (Å²) >= 11 is 0. The molecule has 0 unspecified atom stereocenters. The smallest absolute Gasteiger partial charge is 0.242 e. The predicted octanol–water partition coefficient (Wildman–Crippen LogP) is 3.35. The van der Waals surface area contributed by atoms with Gasteiger partial charge in [0.2, 0.25) is 5.91 Å². The molecule has 0 bridgehead atoms. The summed E-state index contributed by atoms with van der Waals surface area (Å²) in [4.78, 5) is 18.4. The van der Waals surface area contributed by atoms with Crippen LogP contribution in [-0.4, -0.2) is 28.4 Å². The first-order valence-corrected chi connectivity index (χ1v) is 7.14. The summed E-state index contributed by atoms with van der Waals surface area (Å²) in [5, 5.41) is 3.16. The summed E-state index contributed by atoms with van der Waals surface area (Å²) in [6.45, 7) is 4.93. The van der Waals surface area contributed by atoms with E-state index in [0.717, 1.165) is 11.3 Å². The van der Waals surface area contributed by atoms with E-state index < -0.39 is 0 Å². The van der Waals surface area contributed by atoms with Crippen LogP contribution in [0.3, 0.4) is 0 Å². The Morgan fingerprint density at radius 3 is 2.50 bits per heavy atom. The van der Waals surface area contributed by atoms with Gasteiger partial charge in [0.05, 0.1) is 6.54 Å². The third-order valence-corrected chi connectivity index (χ3v) is 3.24. The maximum absolute atomic E-state index is 12.4. The largest absolute Gasteiger partial charge is 0.376 e. The molecule has 0 radical (unpaired) electrons. The molecule has 118 valence electrons. The van der Waals surface area contributed by atoms with Crippen molar-refractivity contribution in [1.82, 2.24) is 9.88 Å². The number of pyridine rings is 1. The molecule has 22 heavy (non-hydrogen) atoms. The number of rotatable bonds is 6. The van der Waals surface area contributed by atoms with Gasteiger partial charge in [0.25, 0.3) is 0 Å². The van der Waals surface area contributed by atoms with Crippen molar-refractivity contribution in [3.63, 3.8) is 0 Å². The van der Waals surface area contributed by atoms with Crippen LogP contribution in [0.25, 0.3) is 0 Å². The highest BCUT2D eigenvalue weighted by Gasteiger charge is 2.17. The number of carbonyl (C=O) groups is 1. The molecular formula is C17H22ClN3O. The summed E-state index contributed by atoms with van der Waals surface area (Å²) in [6, 6.07) is 13.8. The van der Waals surface area contributed by atoms with Crippen LogP contribution in [0.5, 0.6) is 0 Å². The number of halogens is 1. The fourth-order valence-electron chi connectivity index (χ4n) is 2.08. The summed E-state index contributed by atoms with van der Waals surface area (Å²) in [5.41, 5.74) is 2.00. The number of benzene rings is 1. The van der Waals surface area contributed by atoms with Gasteiger partial charge in [-0.25, -0.2) is 0 Å². The van der Waals surface area contributed by atoms with Gasteiger partial charge in [-0.15, -0.1) is 12.4 Å². The van der Waals surface area contributed by atoms with Gasteiger partial charge in [0, 0.05) is 30.7 Å². The van der Waals surface area contributed by atoms with Crippen molar-refractivity contribution in [2.75, 3.05) is 11.9 Å². The van der Waals surface area contributed by atoms with Crippen LogP contribution in [0.15, 0.2) is 54.9 Å². The van der Waals surface area contributed by atoms with Crippen molar-refractivity contribution in [3.8, 4) is 0 Å². The lowest BCUT2D eigenvalue weighted by molar-refractivity contribution is -0.131. The lowest BCUT2D eigenvalue weighted by Crippen LogP contribution is -2.39. The average molecular weight is 320 g/mol. The normalized spacial score (nSPS) is 9.95. The molecule has 4 nitrogen and oxygen atoms in total. The monoisotopic (exact) mass is 319 g/mol. The van der Waals surface area contributed by atoms with E-state index in [1.165, 1.54) is 0 Å². The number of para-hydroxylation sites is 1. The third kappa shape index (κ3) is 5.37. The van der Waals surface area contributed by atoms with Crippen LogP contribution in [-0.2, 0) is 11.3 Å². The predicted molar refractivity (Wildman–Crippen MR) is 92.1 cm³/mol. The standard InChI is InChI=1S/C17H21N3O.ClH/c1-14(2)20(13-15-7-6-10-18-11-15)17(21)12-19-16-8-4-3-5-9-16;/h3-11,14,19H,12-13H2,1-2H3;1H. The second-order valence-corrected chi connectivity index (χ2v) is 5.20. The molecule has 1 N–H and O–H groups in total. The number of hydrogen-bond donors (Lipinski definition) is 1. The Balaban J connectivity index is 0.00000242. The number of hydrogen-bond acceptors (Lipinski definition) is 3. The van der Waals surface area contributed by atoms with E-state index in [0.29, 0.717) is 13.1 Å². The first kappa shape index (κ1) is 18.0. The van der Waals surface area contributed by atoms with Gasteiger partial charge in [-0.05, 0) is 37.6 Å². The Labute approximate surface area is 138 Å². The van der Waals surface area contributed by atoms with Crippen molar-refractivity contribution < 1.29 is 4.79 Å². The molecule has 5 heteroatoms. The minimum atomic E-state index is 0. The van der Waals surface area contributed by atoms with Crippen LogP contribution in [0.2, 0.25) is 0 Å². The Bertz CT molecular complexity index is 561. The van der Waals surface area contributed by atoms with E-state index in [9.17, 15) is 4.79 Å². The summed E-state index contributed by atoms with van der Waals surface area (Å²) in [6.07, 6.45) is 3.54. The van der Waals surface area contributed by atoms with E-state index in [2.05, 4.69) is 10.3 Å². The highest BCUT2D eigenvalue weighted by atomic mass is 35.5. The van der Waals surface area contributed by atoms with Gasteiger partial charge >= 0.3 is 0 Å². The quantitative estimate of drug-likeness (QED) is 0.888. The zero-order valence-electron chi connectivity index (χ0n) is 12.9. The van der Waals surface area contributed by atoms with E-state index in [4.69, 9.17) is 0 Å². The van der Waals surface area contributed by atoms with E-state index in [1.54, 1.807) is 12.4 Å². The summed E-state index contributed by atoms with van der Waals surface area (Å²) < 4.78 is 0. The number of anilines is 1. The summed E-state index contributed by atoms with van der Waals surface area (Å²) in [5.74, 6) is 0.0812. The third-order valence-electron chi connectivity index (χ3n) is 3.24. The minimum absolute atomic E-state index is 0. The zero-order valence-corrected chi connectivity index (χ0v) is 13.7. The minimum Gasteiger partial charge on any atom is -0.376 e. The highest BCUT2D eigenvalue weighted by molar-refractivity contribution is 5.85. The Morgan fingerprint density at radius 2 is 1.91 bits per heavy atom. The second-order valence-electron chi connectivity index (χ2n) is 5.20. The molecule has 0 atom stereocenters. The molecule has 1 aromatic heterocycles. The molecule has 0 spiro atoms. The van der Waals surface area contributed by atoms with Gasteiger partial charge in [0.1, 0.15) is 0 Å². The molecule has 0 saturated carbocycles. The molecular weight excluding hydrogens is 298 g/mol. The van der Waals surface area contributed by atoms with Crippen LogP contribution >= 0.6 is 12.4 Å². The first-order valence-electron chi connectivity index (χ1n) is 7.14. The van der Waals surface area contributed by atoms with Crippen molar-refractivity contribution in [2.24, 2.45) is 0 Å². The molecule has 2 aromatic rings. The number of amides is 1. The lowest BCUT2D eigenvalue weighted by Gasteiger charge is -2.27. The Morgan fingerprint density at radius 1 is 1.18 bits per heavy atom. The van der Waals surface area contributed by atoms with Crippen LogP contribution in [0.1, 0.15) is 19.4 Å². The van der Waals surface area contributed by atoms with Gasteiger partial charge in [0.15, 0.2) is 0 Å². The van der Waals surface area contributed by atoms with Crippen LogP contribution in [0.4, 0.5) is 5.69 Å². The van der Waals surface area contributed by atoms with Gasteiger partial charge in [-0.2, -0.15) is 0 Å². The number of carbonyl (C=O) groups excluding carboxylic acids is 1. The molecule has 0 aliphatic heterocycles. The first-order chi connectivity index (χ1) is 10.2. The molecule has 0 aliphatic rings. The SMILES string of the molecule is CC(C)N(Cc1cccnc1)C(=O)CNc1ccccc1.Cl. The molecule has 0 fully saturated rings. The molecule has 2 rings (SSSR count). The molecule has 1 amide bonds. The Hall–Kier alpha value is -2.07. The van der Waals surface area contributed by atoms with Crippen molar-refractivity contribution in [2.45, 2.75) is 26.4 Å².